The topological polar surface area (TPSA) is 157 Å². The molecule has 0 aliphatic carbocycles. The third-order valence-electron chi connectivity index (χ3n) is 7.39. The average Bonchev–Trinajstić information content (AvgIpc) is 3.03. The van der Waals surface area contributed by atoms with Gasteiger partial charge in [-0.25, -0.2) is 4.79 Å². The van der Waals surface area contributed by atoms with Gasteiger partial charge < -0.3 is 25.2 Å². The second-order valence-corrected chi connectivity index (χ2v) is 15.8. The van der Waals surface area contributed by atoms with E-state index in [1.165, 1.54) is 13.8 Å². The summed E-state index contributed by atoms with van der Waals surface area (Å²) in [5.41, 5.74) is 2.17. The Bertz CT molecular complexity index is 1610. The van der Waals surface area contributed by atoms with E-state index in [4.69, 9.17) is 14.0 Å². The van der Waals surface area contributed by atoms with Crippen molar-refractivity contribution in [3.05, 3.63) is 96.1 Å². The molecule has 0 radical (unpaired) electrons. The monoisotopic (exact) mass is 694 g/mol. The molecule has 11 nitrogen and oxygen atoms in total. The van der Waals surface area contributed by atoms with E-state index in [1.807, 2.05) is 54.6 Å². The zero-order valence-electron chi connectivity index (χ0n) is 29.0. The van der Waals surface area contributed by atoms with Gasteiger partial charge in [0.15, 0.2) is 0 Å². The minimum Gasteiger partial charge on any atom is -0.480 e. The normalized spacial score (nSPS) is 15.2. The lowest BCUT2D eigenvalue weighted by molar-refractivity contribution is -0.167. The first kappa shape index (κ1) is 39.0. The lowest BCUT2D eigenvalue weighted by Crippen LogP contribution is -2.44. The lowest BCUT2D eigenvalue weighted by atomic mass is 9.97. The third kappa shape index (κ3) is 12.2. The largest absolute Gasteiger partial charge is 0.480 e. The van der Waals surface area contributed by atoms with Gasteiger partial charge in [-0.05, 0) is 56.4 Å². The van der Waals surface area contributed by atoms with Gasteiger partial charge >= 0.3 is 18.0 Å². The number of hydrogen-bond acceptors (Lipinski definition) is 8. The second-order valence-electron chi connectivity index (χ2n) is 13.2. The number of carboxylic acids is 1. The van der Waals surface area contributed by atoms with Crippen LogP contribution in [0.3, 0.4) is 0 Å². The number of nitrogens with one attached hydrogen (secondary N) is 2. The first-order valence-electron chi connectivity index (χ1n) is 16.1. The predicted molar refractivity (Wildman–Crippen MR) is 187 cm³/mol. The SMILES string of the molecule is CC(=O)OC(OP(=O)(CC(Cc1ccc(-c2ccccc2)cc1)C(=O)N[C@@H](C)C(=O)O)C(NC(=O)OC(C)(C)C)c1ccccc1)C(C)C. The van der Waals surface area contributed by atoms with Gasteiger partial charge in [0.2, 0.25) is 19.6 Å². The molecule has 12 heteroatoms. The standard InChI is InChI=1S/C37H47N2O9P/c1-24(2)35(46-26(4)40)48-49(45,33(30-16-12-9-13-17-30)39-36(44)47-37(5,6)7)23-31(32(41)38-25(3)34(42)43)22-27-18-20-29(21-19-27)28-14-10-8-11-15-28/h8-21,24-25,31,33,35H,22-23H2,1-7H3,(H,38,41)(H,39,44)(H,42,43)/t25-,31?,33?,35?,49?/m0/s1. The van der Waals surface area contributed by atoms with E-state index in [2.05, 4.69) is 10.6 Å². The molecule has 5 atom stereocenters. The summed E-state index contributed by atoms with van der Waals surface area (Å²) in [4.78, 5) is 50.9. The number of rotatable bonds is 15. The maximum absolute atomic E-state index is 15.5. The molecule has 3 aromatic carbocycles. The molecule has 0 saturated heterocycles. The maximum Gasteiger partial charge on any atom is 0.408 e. The minimum absolute atomic E-state index is 0.0500. The van der Waals surface area contributed by atoms with Crippen LogP contribution in [0.4, 0.5) is 4.79 Å². The van der Waals surface area contributed by atoms with Crippen molar-refractivity contribution in [2.24, 2.45) is 11.8 Å². The number of carboxylic acid groups (broad SMARTS) is 1. The Morgan fingerprint density at radius 2 is 1.37 bits per heavy atom. The Morgan fingerprint density at radius 3 is 1.88 bits per heavy atom. The Kier molecular flexibility index (Phi) is 13.7. The van der Waals surface area contributed by atoms with E-state index in [0.29, 0.717) is 11.1 Å². The third-order valence-corrected chi connectivity index (χ3v) is 10.1. The molecule has 49 heavy (non-hydrogen) atoms. The molecule has 0 spiro atoms. The maximum atomic E-state index is 15.5. The van der Waals surface area contributed by atoms with Crippen molar-refractivity contribution >= 4 is 31.3 Å². The van der Waals surface area contributed by atoms with Crippen molar-refractivity contribution in [2.45, 2.75) is 78.6 Å². The lowest BCUT2D eigenvalue weighted by Gasteiger charge is -2.35. The fraction of sp³-hybridized carbons (Fsp3) is 0.405. The Hall–Kier alpha value is -4.47. The van der Waals surface area contributed by atoms with Crippen LogP contribution in [0.1, 0.15) is 65.4 Å². The van der Waals surface area contributed by atoms with E-state index >= 15 is 4.57 Å². The highest BCUT2D eigenvalue weighted by atomic mass is 31.2. The van der Waals surface area contributed by atoms with Gasteiger partial charge in [-0.15, -0.1) is 0 Å². The molecule has 0 aliphatic rings. The number of aliphatic carboxylic acids is 1. The molecule has 3 rings (SSSR count). The van der Waals surface area contributed by atoms with Crippen LogP contribution >= 0.6 is 7.37 Å². The van der Waals surface area contributed by atoms with E-state index < -0.39 is 73.0 Å². The summed E-state index contributed by atoms with van der Waals surface area (Å²) < 4.78 is 32.7. The molecule has 0 aromatic heterocycles. The van der Waals surface area contributed by atoms with E-state index in [1.54, 1.807) is 65.0 Å². The number of alkyl carbamates (subject to hydrolysis) is 1. The second kappa shape index (κ2) is 17.3. The fourth-order valence-electron chi connectivity index (χ4n) is 4.98. The summed E-state index contributed by atoms with van der Waals surface area (Å²) in [5.74, 6) is -5.52. The highest BCUT2D eigenvalue weighted by molar-refractivity contribution is 7.59. The molecule has 3 aromatic rings. The molecule has 0 fully saturated rings. The first-order valence-corrected chi connectivity index (χ1v) is 18.0. The van der Waals surface area contributed by atoms with E-state index in [-0.39, 0.29) is 6.42 Å². The molecule has 4 unspecified atom stereocenters. The molecular weight excluding hydrogens is 647 g/mol. The number of amides is 2. The van der Waals surface area contributed by atoms with Gasteiger partial charge in [0.25, 0.3) is 0 Å². The van der Waals surface area contributed by atoms with Crippen molar-refractivity contribution in [2.75, 3.05) is 6.16 Å². The quantitative estimate of drug-likeness (QED) is 0.0853. The van der Waals surface area contributed by atoms with Crippen molar-refractivity contribution in [1.82, 2.24) is 10.6 Å². The molecule has 3 N–H and O–H groups in total. The van der Waals surface area contributed by atoms with Crippen molar-refractivity contribution < 1.29 is 42.8 Å². The molecule has 264 valence electrons. The van der Waals surface area contributed by atoms with Gasteiger partial charge in [0.05, 0.1) is 5.92 Å². The van der Waals surface area contributed by atoms with Gasteiger partial charge in [0, 0.05) is 19.0 Å². The van der Waals surface area contributed by atoms with Gasteiger partial charge in [-0.1, -0.05) is 98.8 Å². The number of carbonyl (C=O) groups excluding carboxylic acids is 3. The number of carbonyl (C=O) groups is 4. The van der Waals surface area contributed by atoms with Crippen LogP contribution in [0.25, 0.3) is 11.1 Å². The molecular formula is C37H47N2O9P. The van der Waals surface area contributed by atoms with Crippen LogP contribution in [-0.2, 0) is 39.4 Å². The molecule has 0 bridgehead atoms. The first-order chi connectivity index (χ1) is 23.0. The van der Waals surface area contributed by atoms with Crippen LogP contribution in [0.5, 0.6) is 0 Å². The van der Waals surface area contributed by atoms with Crippen LogP contribution < -0.4 is 10.6 Å². The van der Waals surface area contributed by atoms with Crippen LogP contribution in [-0.4, -0.2) is 53.1 Å². The van der Waals surface area contributed by atoms with Crippen molar-refractivity contribution in [3.63, 3.8) is 0 Å². The summed E-state index contributed by atoms with van der Waals surface area (Å²) in [6.45, 7) is 11.0. The number of esters is 1. The minimum atomic E-state index is -4.31. The van der Waals surface area contributed by atoms with E-state index in [0.717, 1.165) is 11.1 Å². The molecule has 0 aliphatic heterocycles. The Labute approximate surface area is 288 Å². The smallest absolute Gasteiger partial charge is 0.408 e. The highest BCUT2D eigenvalue weighted by Crippen LogP contribution is 2.61. The molecule has 2 amide bonds. The van der Waals surface area contributed by atoms with Gasteiger partial charge in [-0.2, -0.15) is 0 Å². The highest BCUT2D eigenvalue weighted by Gasteiger charge is 2.44. The number of benzene rings is 3. The average molecular weight is 695 g/mol. The Balaban J connectivity index is 2.14. The zero-order chi connectivity index (χ0) is 36.4. The van der Waals surface area contributed by atoms with Crippen LogP contribution in [0.2, 0.25) is 0 Å². The summed E-state index contributed by atoms with van der Waals surface area (Å²) in [7, 11) is -4.31. The summed E-state index contributed by atoms with van der Waals surface area (Å²) >= 11 is 0. The van der Waals surface area contributed by atoms with Crippen LogP contribution in [0.15, 0.2) is 84.9 Å². The Morgan fingerprint density at radius 1 is 0.816 bits per heavy atom. The van der Waals surface area contributed by atoms with Crippen molar-refractivity contribution in [3.8, 4) is 11.1 Å². The summed E-state index contributed by atoms with van der Waals surface area (Å²) in [6, 6.07) is 24.4. The van der Waals surface area contributed by atoms with Crippen molar-refractivity contribution in [1.29, 1.82) is 0 Å². The zero-order valence-corrected chi connectivity index (χ0v) is 29.9. The van der Waals surface area contributed by atoms with Gasteiger partial charge in [0.1, 0.15) is 17.4 Å². The predicted octanol–water partition coefficient (Wildman–Crippen LogP) is 7.17. The number of hydrogen-bond donors (Lipinski definition) is 3. The molecule has 0 heterocycles. The fourth-order valence-corrected chi connectivity index (χ4v) is 7.87. The van der Waals surface area contributed by atoms with Gasteiger partial charge in [-0.3, -0.25) is 23.5 Å². The van der Waals surface area contributed by atoms with E-state index in [9.17, 15) is 24.3 Å². The molecule has 0 saturated carbocycles. The summed E-state index contributed by atoms with van der Waals surface area (Å²) in [6.07, 6.45) is -2.59. The summed E-state index contributed by atoms with van der Waals surface area (Å²) in [5, 5.41) is 14.8. The number of ether oxygens (including phenoxy) is 2. The van der Waals surface area contributed by atoms with Crippen LogP contribution in [0, 0.1) is 11.8 Å².